The van der Waals surface area contributed by atoms with Crippen LogP contribution in [0.1, 0.15) is 29.5 Å². The lowest BCUT2D eigenvalue weighted by Gasteiger charge is -2.42. The summed E-state index contributed by atoms with van der Waals surface area (Å²) in [4.78, 5) is 17.3. The third-order valence-electron chi connectivity index (χ3n) is 6.56. The summed E-state index contributed by atoms with van der Waals surface area (Å²) < 4.78 is 29.3. The van der Waals surface area contributed by atoms with Crippen molar-refractivity contribution in [2.75, 3.05) is 20.1 Å². The zero-order valence-electron chi connectivity index (χ0n) is 18.0. The Hall–Kier alpha value is -2.67. The molecule has 0 radical (unpaired) electrons. The highest BCUT2D eigenvalue weighted by molar-refractivity contribution is 5.79. The molecule has 2 aliphatic rings. The van der Waals surface area contributed by atoms with Crippen molar-refractivity contribution in [1.82, 2.24) is 15.1 Å². The molecule has 2 aliphatic heterocycles. The van der Waals surface area contributed by atoms with Crippen LogP contribution in [0.5, 0.6) is 5.75 Å². The second kappa shape index (κ2) is 8.83. The highest BCUT2D eigenvalue weighted by Crippen LogP contribution is 2.36. The summed E-state index contributed by atoms with van der Waals surface area (Å²) in [6.07, 6.45) is 2.59. The van der Waals surface area contributed by atoms with Gasteiger partial charge in [0.2, 0.25) is 0 Å². The molecular formula is C24H29F2N3O2. The van der Waals surface area contributed by atoms with Crippen LogP contribution in [0.3, 0.4) is 0 Å². The smallest absolute Gasteiger partial charge is 0.387 e. The Balaban J connectivity index is 1.57. The molecule has 2 heterocycles. The third kappa shape index (κ3) is 4.82. The number of hydrogen-bond donors (Lipinski definition) is 1. The molecule has 166 valence electrons. The molecule has 1 spiro atoms. The molecule has 2 amide bonds. The highest BCUT2D eigenvalue weighted by atomic mass is 19.3. The lowest BCUT2D eigenvalue weighted by atomic mass is 9.79. The van der Waals surface area contributed by atoms with Crippen molar-refractivity contribution < 1.29 is 18.3 Å². The number of benzene rings is 2. The molecule has 0 aliphatic carbocycles. The molecule has 4 rings (SSSR count). The van der Waals surface area contributed by atoms with Gasteiger partial charge in [-0.25, -0.2) is 4.79 Å². The number of nitrogens with zero attached hydrogens (tertiary/aromatic N) is 2. The molecular weight excluding hydrogens is 400 g/mol. The summed E-state index contributed by atoms with van der Waals surface area (Å²) in [6.45, 7) is 1.53. The van der Waals surface area contributed by atoms with Gasteiger partial charge in [-0.2, -0.15) is 8.78 Å². The lowest BCUT2D eigenvalue weighted by Crippen LogP contribution is -2.56. The standard InChI is InChI=1S/C24H29F2N3O2/c1-17-3-5-18(6-4-17)15-21-24(11-13-28(2)14-12-24)27-23(30)29(21)16-19-7-9-20(10-8-19)31-22(25)26/h3-10,21-22H,11-16H2,1-2H3,(H,27,30). The van der Waals surface area contributed by atoms with Gasteiger partial charge in [0.25, 0.3) is 0 Å². The largest absolute Gasteiger partial charge is 0.435 e. The van der Waals surface area contributed by atoms with Crippen molar-refractivity contribution in [3.05, 3.63) is 65.2 Å². The maximum absolute atomic E-state index is 13.1. The zero-order valence-corrected chi connectivity index (χ0v) is 18.0. The van der Waals surface area contributed by atoms with Gasteiger partial charge < -0.3 is 19.9 Å². The van der Waals surface area contributed by atoms with Crippen LogP contribution in [0.4, 0.5) is 13.6 Å². The van der Waals surface area contributed by atoms with E-state index >= 15 is 0 Å². The first kappa shape index (κ1) is 21.6. The minimum Gasteiger partial charge on any atom is -0.435 e. The molecule has 31 heavy (non-hydrogen) atoms. The molecule has 0 aromatic heterocycles. The molecule has 2 aromatic carbocycles. The van der Waals surface area contributed by atoms with Gasteiger partial charge in [-0.15, -0.1) is 0 Å². The first-order chi connectivity index (χ1) is 14.8. The van der Waals surface area contributed by atoms with E-state index in [1.165, 1.54) is 23.3 Å². The molecule has 0 bridgehead atoms. The molecule has 2 fully saturated rings. The van der Waals surface area contributed by atoms with Gasteiger partial charge in [0.15, 0.2) is 0 Å². The Morgan fingerprint density at radius 3 is 2.29 bits per heavy atom. The van der Waals surface area contributed by atoms with E-state index in [2.05, 4.69) is 53.2 Å². The van der Waals surface area contributed by atoms with Crippen LogP contribution in [0.25, 0.3) is 0 Å². The van der Waals surface area contributed by atoms with Crippen LogP contribution >= 0.6 is 0 Å². The van der Waals surface area contributed by atoms with Crippen molar-refractivity contribution in [3.8, 4) is 5.75 Å². The van der Waals surface area contributed by atoms with Crippen LogP contribution in [0.15, 0.2) is 48.5 Å². The van der Waals surface area contributed by atoms with Gasteiger partial charge >= 0.3 is 12.6 Å². The summed E-state index contributed by atoms with van der Waals surface area (Å²) in [6, 6.07) is 15.0. The Labute approximate surface area is 182 Å². The number of nitrogens with one attached hydrogen (secondary N) is 1. The molecule has 1 N–H and O–H groups in total. The van der Waals surface area contributed by atoms with Crippen molar-refractivity contribution in [1.29, 1.82) is 0 Å². The molecule has 7 heteroatoms. The molecule has 0 saturated carbocycles. The third-order valence-corrected chi connectivity index (χ3v) is 6.56. The first-order valence-corrected chi connectivity index (χ1v) is 10.7. The van der Waals surface area contributed by atoms with E-state index in [0.717, 1.165) is 37.9 Å². The van der Waals surface area contributed by atoms with E-state index in [4.69, 9.17) is 0 Å². The van der Waals surface area contributed by atoms with Crippen LogP contribution < -0.4 is 10.1 Å². The van der Waals surface area contributed by atoms with E-state index in [-0.39, 0.29) is 23.4 Å². The Morgan fingerprint density at radius 1 is 1.06 bits per heavy atom. The van der Waals surface area contributed by atoms with E-state index in [9.17, 15) is 13.6 Å². The van der Waals surface area contributed by atoms with Gasteiger partial charge in [-0.1, -0.05) is 42.0 Å². The van der Waals surface area contributed by atoms with Crippen molar-refractivity contribution in [2.24, 2.45) is 0 Å². The van der Waals surface area contributed by atoms with Crippen LogP contribution in [-0.4, -0.2) is 54.2 Å². The average molecular weight is 430 g/mol. The molecule has 2 saturated heterocycles. The summed E-state index contributed by atoms with van der Waals surface area (Å²) in [5, 5.41) is 3.32. The van der Waals surface area contributed by atoms with Crippen molar-refractivity contribution in [3.63, 3.8) is 0 Å². The van der Waals surface area contributed by atoms with Crippen LogP contribution in [0.2, 0.25) is 0 Å². The van der Waals surface area contributed by atoms with Crippen LogP contribution in [0, 0.1) is 6.92 Å². The number of rotatable bonds is 6. The second-order valence-electron chi connectivity index (χ2n) is 8.75. The number of urea groups is 1. The van der Waals surface area contributed by atoms with E-state index in [0.29, 0.717) is 6.54 Å². The van der Waals surface area contributed by atoms with E-state index in [1.54, 1.807) is 12.1 Å². The fourth-order valence-corrected chi connectivity index (χ4v) is 4.69. The summed E-state index contributed by atoms with van der Waals surface area (Å²) in [5.41, 5.74) is 3.04. The number of alkyl halides is 2. The number of halogens is 2. The molecule has 5 nitrogen and oxygen atoms in total. The molecule has 2 aromatic rings. The quantitative estimate of drug-likeness (QED) is 0.749. The van der Waals surface area contributed by atoms with Crippen molar-refractivity contribution in [2.45, 2.75) is 50.9 Å². The number of likely N-dealkylation sites (tertiary alicyclic amines) is 1. The highest BCUT2D eigenvalue weighted by Gasteiger charge is 2.51. The first-order valence-electron chi connectivity index (χ1n) is 10.7. The Kier molecular flexibility index (Phi) is 6.14. The van der Waals surface area contributed by atoms with Crippen LogP contribution in [-0.2, 0) is 13.0 Å². The van der Waals surface area contributed by atoms with Gasteiger partial charge in [-0.3, -0.25) is 0 Å². The van der Waals surface area contributed by atoms with Crippen molar-refractivity contribution >= 4 is 6.03 Å². The molecule has 1 atom stereocenters. The Bertz CT molecular complexity index is 894. The average Bonchev–Trinajstić information content (AvgIpc) is 2.98. The van der Waals surface area contributed by atoms with Gasteiger partial charge in [0.05, 0.1) is 11.6 Å². The number of piperidine rings is 1. The van der Waals surface area contributed by atoms with E-state index in [1.807, 2.05) is 4.90 Å². The fraction of sp³-hybridized carbons (Fsp3) is 0.458. The maximum Gasteiger partial charge on any atom is 0.387 e. The number of hydrogen-bond acceptors (Lipinski definition) is 3. The van der Waals surface area contributed by atoms with E-state index < -0.39 is 6.61 Å². The van der Waals surface area contributed by atoms with Gasteiger partial charge in [0.1, 0.15) is 5.75 Å². The normalized spacial score (nSPS) is 21.0. The number of ether oxygens (including phenoxy) is 1. The monoisotopic (exact) mass is 429 g/mol. The predicted octanol–water partition coefficient (Wildman–Crippen LogP) is 4.20. The summed E-state index contributed by atoms with van der Waals surface area (Å²) >= 11 is 0. The zero-order chi connectivity index (χ0) is 22.0. The summed E-state index contributed by atoms with van der Waals surface area (Å²) in [7, 11) is 2.11. The minimum atomic E-state index is -2.85. The number of carbonyl (C=O) groups excluding carboxylic acids is 1. The minimum absolute atomic E-state index is 0.0217. The maximum atomic E-state index is 13.1. The second-order valence-corrected chi connectivity index (χ2v) is 8.75. The number of aryl methyl sites for hydroxylation is 1. The number of carbonyl (C=O) groups is 1. The number of amides is 2. The topological polar surface area (TPSA) is 44.8 Å². The lowest BCUT2D eigenvalue weighted by molar-refractivity contribution is -0.0498. The van der Waals surface area contributed by atoms with Gasteiger partial charge in [-0.05, 0) is 56.5 Å². The fourth-order valence-electron chi connectivity index (χ4n) is 4.69. The predicted molar refractivity (Wildman–Crippen MR) is 115 cm³/mol. The van der Waals surface area contributed by atoms with Gasteiger partial charge in [0, 0.05) is 19.6 Å². The summed E-state index contributed by atoms with van der Waals surface area (Å²) in [5.74, 6) is 0.118. The SMILES string of the molecule is Cc1ccc(CC2N(Cc3ccc(OC(F)F)cc3)C(=O)NC23CCN(C)CC3)cc1. The molecule has 1 unspecified atom stereocenters. The Morgan fingerprint density at radius 2 is 1.68 bits per heavy atom.